The molecule has 0 heterocycles. The number of carbonyl (C=O) groups is 2. The highest BCUT2D eigenvalue weighted by atomic mass is 35.5. The maximum Gasteiger partial charge on any atom is 0.313 e. The third kappa shape index (κ3) is 4.35. The molecule has 1 rings (SSSR count). The van der Waals surface area contributed by atoms with Crippen molar-refractivity contribution in [1.82, 2.24) is 5.32 Å². The van der Waals surface area contributed by atoms with Crippen LogP contribution in [0.2, 0.25) is 5.02 Å². The van der Waals surface area contributed by atoms with Crippen molar-refractivity contribution in [3.05, 3.63) is 28.8 Å². The Morgan fingerprint density at radius 1 is 1.39 bits per heavy atom. The van der Waals surface area contributed by atoms with Crippen molar-refractivity contribution < 1.29 is 14.7 Å². The smallest absolute Gasteiger partial charge is 0.313 e. The van der Waals surface area contributed by atoms with E-state index in [1.54, 1.807) is 18.2 Å². The number of anilines is 1. The van der Waals surface area contributed by atoms with Crippen molar-refractivity contribution in [2.24, 2.45) is 0 Å². The lowest BCUT2D eigenvalue weighted by Gasteiger charge is -2.08. The van der Waals surface area contributed by atoms with Gasteiger partial charge in [-0.15, -0.1) is 0 Å². The first-order valence-electron chi connectivity index (χ1n) is 5.43. The number of benzene rings is 1. The van der Waals surface area contributed by atoms with Gasteiger partial charge < -0.3 is 15.7 Å². The van der Waals surface area contributed by atoms with Gasteiger partial charge >= 0.3 is 11.8 Å². The molecule has 18 heavy (non-hydrogen) atoms. The SMILES string of the molecule is Cc1ccc(NC(=O)C(=O)NCC(C)O)cc1Cl. The Bertz CT molecular complexity index is 461. The van der Waals surface area contributed by atoms with Gasteiger partial charge in [-0.05, 0) is 31.5 Å². The summed E-state index contributed by atoms with van der Waals surface area (Å²) >= 11 is 5.89. The zero-order chi connectivity index (χ0) is 13.7. The maximum atomic E-state index is 11.5. The van der Waals surface area contributed by atoms with Gasteiger partial charge in [0.2, 0.25) is 0 Å². The molecule has 1 aromatic carbocycles. The van der Waals surface area contributed by atoms with Gasteiger partial charge in [0.25, 0.3) is 0 Å². The summed E-state index contributed by atoms with van der Waals surface area (Å²) in [5.74, 6) is -1.59. The van der Waals surface area contributed by atoms with Crippen molar-refractivity contribution in [2.45, 2.75) is 20.0 Å². The lowest BCUT2D eigenvalue weighted by atomic mass is 10.2. The number of aryl methyl sites for hydroxylation is 1. The van der Waals surface area contributed by atoms with Gasteiger partial charge in [0.05, 0.1) is 6.10 Å². The fraction of sp³-hybridized carbons (Fsp3) is 0.333. The number of aliphatic hydroxyl groups excluding tert-OH is 1. The molecule has 0 aliphatic rings. The van der Waals surface area contributed by atoms with Gasteiger partial charge in [-0.1, -0.05) is 17.7 Å². The highest BCUT2D eigenvalue weighted by Gasteiger charge is 2.14. The van der Waals surface area contributed by atoms with E-state index in [1.807, 2.05) is 6.92 Å². The molecule has 0 aromatic heterocycles. The first-order chi connectivity index (χ1) is 8.40. The average molecular weight is 271 g/mol. The highest BCUT2D eigenvalue weighted by Crippen LogP contribution is 2.19. The van der Waals surface area contributed by atoms with Gasteiger partial charge in [-0.2, -0.15) is 0 Å². The molecule has 0 bridgehead atoms. The summed E-state index contributed by atoms with van der Waals surface area (Å²) in [6.07, 6.45) is -0.699. The fourth-order valence-corrected chi connectivity index (χ4v) is 1.36. The van der Waals surface area contributed by atoms with E-state index in [1.165, 1.54) is 6.92 Å². The molecule has 0 saturated heterocycles. The minimum absolute atomic E-state index is 0.0287. The van der Waals surface area contributed by atoms with Gasteiger partial charge in [0, 0.05) is 17.3 Å². The molecule has 0 aliphatic heterocycles. The van der Waals surface area contributed by atoms with E-state index in [0.29, 0.717) is 10.7 Å². The lowest BCUT2D eigenvalue weighted by Crippen LogP contribution is -2.38. The fourth-order valence-electron chi connectivity index (χ4n) is 1.18. The van der Waals surface area contributed by atoms with Crippen LogP contribution >= 0.6 is 11.6 Å². The van der Waals surface area contributed by atoms with Crippen molar-refractivity contribution in [3.8, 4) is 0 Å². The van der Waals surface area contributed by atoms with E-state index >= 15 is 0 Å². The van der Waals surface area contributed by atoms with Crippen LogP contribution < -0.4 is 10.6 Å². The molecule has 98 valence electrons. The summed E-state index contributed by atoms with van der Waals surface area (Å²) in [5.41, 5.74) is 1.33. The molecule has 0 radical (unpaired) electrons. The van der Waals surface area contributed by atoms with Crippen LogP contribution in [0, 0.1) is 6.92 Å². The molecule has 0 aliphatic carbocycles. The number of halogens is 1. The average Bonchev–Trinajstić information content (AvgIpc) is 2.30. The van der Waals surface area contributed by atoms with Gasteiger partial charge in [-0.25, -0.2) is 0 Å². The molecule has 1 unspecified atom stereocenters. The highest BCUT2D eigenvalue weighted by molar-refractivity contribution is 6.39. The van der Waals surface area contributed by atoms with E-state index in [-0.39, 0.29) is 6.54 Å². The molecule has 1 aromatic rings. The number of nitrogens with one attached hydrogen (secondary N) is 2. The Kier molecular flexibility index (Phi) is 5.12. The lowest BCUT2D eigenvalue weighted by molar-refractivity contribution is -0.136. The summed E-state index contributed by atoms with van der Waals surface area (Å²) in [5, 5.41) is 14.2. The Hall–Kier alpha value is -1.59. The summed E-state index contributed by atoms with van der Waals surface area (Å²) in [4.78, 5) is 22.8. The Labute approximate surface area is 110 Å². The summed E-state index contributed by atoms with van der Waals surface area (Å²) < 4.78 is 0. The van der Waals surface area contributed by atoms with E-state index in [4.69, 9.17) is 16.7 Å². The molecular weight excluding hydrogens is 256 g/mol. The summed E-state index contributed by atoms with van der Waals surface area (Å²) in [6, 6.07) is 4.96. The zero-order valence-electron chi connectivity index (χ0n) is 10.2. The van der Waals surface area contributed by atoms with E-state index < -0.39 is 17.9 Å². The van der Waals surface area contributed by atoms with Crippen LogP contribution in [0.5, 0.6) is 0 Å². The normalized spacial score (nSPS) is 11.8. The van der Waals surface area contributed by atoms with Crippen LogP contribution in [-0.2, 0) is 9.59 Å². The summed E-state index contributed by atoms with van der Waals surface area (Å²) in [6.45, 7) is 3.38. The van der Waals surface area contributed by atoms with Crippen LogP contribution in [0.4, 0.5) is 5.69 Å². The summed E-state index contributed by atoms with van der Waals surface area (Å²) in [7, 11) is 0. The minimum atomic E-state index is -0.799. The number of aliphatic hydroxyl groups is 1. The standard InChI is InChI=1S/C12H15ClN2O3/c1-7-3-4-9(5-10(7)13)15-12(18)11(17)14-6-8(2)16/h3-5,8,16H,6H2,1-2H3,(H,14,17)(H,15,18). The van der Waals surface area contributed by atoms with Crippen LogP contribution in [0.1, 0.15) is 12.5 Å². The van der Waals surface area contributed by atoms with Crippen LogP contribution in [0.3, 0.4) is 0 Å². The first-order valence-corrected chi connectivity index (χ1v) is 5.81. The molecule has 0 fully saturated rings. The molecule has 1 atom stereocenters. The van der Waals surface area contributed by atoms with Crippen molar-refractivity contribution >= 4 is 29.1 Å². The molecule has 5 nitrogen and oxygen atoms in total. The van der Waals surface area contributed by atoms with E-state index in [9.17, 15) is 9.59 Å². The molecule has 2 amide bonds. The first kappa shape index (κ1) is 14.5. The van der Waals surface area contributed by atoms with Crippen molar-refractivity contribution in [1.29, 1.82) is 0 Å². The van der Waals surface area contributed by atoms with E-state index in [0.717, 1.165) is 5.56 Å². The second-order valence-electron chi connectivity index (χ2n) is 3.98. The van der Waals surface area contributed by atoms with Crippen molar-refractivity contribution in [2.75, 3.05) is 11.9 Å². The zero-order valence-corrected chi connectivity index (χ0v) is 10.9. The predicted octanol–water partition coefficient (Wildman–Crippen LogP) is 1.08. The second-order valence-corrected chi connectivity index (χ2v) is 4.38. The Balaban J connectivity index is 2.58. The van der Waals surface area contributed by atoms with Gasteiger partial charge in [0.1, 0.15) is 0 Å². The van der Waals surface area contributed by atoms with Crippen LogP contribution in [-0.4, -0.2) is 29.6 Å². The molecule has 0 spiro atoms. The monoisotopic (exact) mass is 270 g/mol. The molecular formula is C12H15ClN2O3. The second kappa shape index (κ2) is 6.37. The van der Waals surface area contributed by atoms with Gasteiger partial charge in [-0.3, -0.25) is 9.59 Å². The number of hydrogen-bond donors (Lipinski definition) is 3. The van der Waals surface area contributed by atoms with Crippen LogP contribution in [0.15, 0.2) is 18.2 Å². The molecule has 3 N–H and O–H groups in total. The third-order valence-electron chi connectivity index (χ3n) is 2.19. The quantitative estimate of drug-likeness (QED) is 0.720. The van der Waals surface area contributed by atoms with Crippen molar-refractivity contribution in [3.63, 3.8) is 0 Å². The number of rotatable bonds is 3. The number of amides is 2. The Morgan fingerprint density at radius 3 is 2.61 bits per heavy atom. The van der Waals surface area contributed by atoms with E-state index in [2.05, 4.69) is 10.6 Å². The van der Waals surface area contributed by atoms with Crippen LogP contribution in [0.25, 0.3) is 0 Å². The predicted molar refractivity (Wildman–Crippen MR) is 69.5 cm³/mol. The number of carbonyl (C=O) groups excluding carboxylic acids is 2. The minimum Gasteiger partial charge on any atom is -0.392 e. The maximum absolute atomic E-state index is 11.5. The Morgan fingerprint density at radius 2 is 2.06 bits per heavy atom. The largest absolute Gasteiger partial charge is 0.392 e. The van der Waals surface area contributed by atoms with Gasteiger partial charge in [0.15, 0.2) is 0 Å². The molecule has 6 heteroatoms. The molecule has 0 saturated carbocycles. The third-order valence-corrected chi connectivity index (χ3v) is 2.60. The number of hydrogen-bond acceptors (Lipinski definition) is 3. The topological polar surface area (TPSA) is 78.4 Å².